The first-order chi connectivity index (χ1) is 12.8. The first kappa shape index (κ1) is 19.1. The van der Waals surface area contributed by atoms with Gasteiger partial charge >= 0.3 is 0 Å². The van der Waals surface area contributed by atoms with Gasteiger partial charge in [0, 0.05) is 56.4 Å². The van der Waals surface area contributed by atoms with Crippen LogP contribution in [0.25, 0.3) is 10.9 Å². The molecule has 1 aliphatic rings. The minimum atomic E-state index is 0.264. The Morgan fingerprint density at radius 3 is 2.81 bits per heavy atom. The van der Waals surface area contributed by atoms with E-state index in [2.05, 4.69) is 63.0 Å². The van der Waals surface area contributed by atoms with Crippen molar-refractivity contribution < 1.29 is 4.74 Å². The zero-order valence-electron chi connectivity index (χ0n) is 15.8. The first-order valence-corrected chi connectivity index (χ1v) is 10.6. The number of nitrogens with zero attached hydrogens (tertiary/aromatic N) is 2. The first-order valence-electron chi connectivity index (χ1n) is 9.38. The lowest BCUT2D eigenvalue weighted by Gasteiger charge is -2.36. The molecule has 0 atom stereocenters. The molecule has 5 nitrogen and oxygen atoms in total. The van der Waals surface area contributed by atoms with Crippen LogP contribution in [0.1, 0.15) is 19.3 Å². The molecule has 6 heteroatoms. The highest BCUT2D eigenvalue weighted by Crippen LogP contribution is 2.32. The summed E-state index contributed by atoms with van der Waals surface area (Å²) in [4.78, 5) is 4.37. The molecule has 0 saturated carbocycles. The summed E-state index contributed by atoms with van der Waals surface area (Å²) in [6, 6.07) is 10.7. The van der Waals surface area contributed by atoms with Gasteiger partial charge in [-0.3, -0.25) is 4.99 Å². The van der Waals surface area contributed by atoms with Gasteiger partial charge in [0.1, 0.15) is 0 Å². The molecule has 142 valence electrons. The maximum atomic E-state index is 5.52. The summed E-state index contributed by atoms with van der Waals surface area (Å²) < 4.78 is 8.10. The molecule has 1 fully saturated rings. The number of nitrogens with one attached hydrogen (secondary N) is 2. The third-order valence-corrected chi connectivity index (χ3v) is 6.61. The fourth-order valence-electron chi connectivity index (χ4n) is 3.45. The molecule has 1 saturated heterocycles. The van der Waals surface area contributed by atoms with E-state index < -0.39 is 0 Å². The van der Waals surface area contributed by atoms with E-state index in [0.717, 1.165) is 58.1 Å². The van der Waals surface area contributed by atoms with Gasteiger partial charge in [0.2, 0.25) is 0 Å². The number of ether oxygens (including phenoxy) is 1. The van der Waals surface area contributed by atoms with Crippen LogP contribution in [0.2, 0.25) is 0 Å². The number of hydrogen-bond acceptors (Lipinski definition) is 3. The van der Waals surface area contributed by atoms with Gasteiger partial charge in [0.25, 0.3) is 0 Å². The number of guanidine groups is 1. The largest absolute Gasteiger partial charge is 0.381 e. The van der Waals surface area contributed by atoms with E-state index in [0.29, 0.717) is 0 Å². The van der Waals surface area contributed by atoms with Crippen LogP contribution in [-0.4, -0.2) is 54.9 Å². The highest BCUT2D eigenvalue weighted by molar-refractivity contribution is 8.00. The van der Waals surface area contributed by atoms with Gasteiger partial charge in [-0.05, 0) is 43.0 Å². The van der Waals surface area contributed by atoms with Gasteiger partial charge in [-0.25, -0.2) is 0 Å². The zero-order valence-corrected chi connectivity index (χ0v) is 16.6. The Morgan fingerprint density at radius 1 is 1.23 bits per heavy atom. The molecule has 0 amide bonds. The van der Waals surface area contributed by atoms with Gasteiger partial charge in [0.15, 0.2) is 5.96 Å². The number of para-hydroxylation sites is 1. The third kappa shape index (κ3) is 4.74. The second kappa shape index (κ2) is 9.33. The predicted molar refractivity (Wildman–Crippen MR) is 112 cm³/mol. The van der Waals surface area contributed by atoms with Gasteiger partial charge < -0.3 is 19.9 Å². The molecule has 0 spiro atoms. The van der Waals surface area contributed by atoms with Crippen LogP contribution in [-0.2, 0) is 11.3 Å². The summed E-state index contributed by atoms with van der Waals surface area (Å²) >= 11 is 1.94. The summed E-state index contributed by atoms with van der Waals surface area (Å²) in [6.45, 7) is 4.56. The second-order valence-electron chi connectivity index (χ2n) is 6.77. The average molecular weight is 375 g/mol. The highest BCUT2D eigenvalue weighted by Gasteiger charge is 2.31. The Kier molecular flexibility index (Phi) is 6.86. The van der Waals surface area contributed by atoms with E-state index in [-0.39, 0.29) is 4.75 Å². The van der Waals surface area contributed by atoms with E-state index >= 15 is 0 Å². The maximum absolute atomic E-state index is 5.52. The number of aryl methyl sites for hydroxylation is 1. The van der Waals surface area contributed by atoms with E-state index in [1.165, 1.54) is 10.9 Å². The third-order valence-electron chi connectivity index (χ3n) is 5.19. The molecule has 0 aliphatic carbocycles. The van der Waals surface area contributed by atoms with Crippen molar-refractivity contribution in [1.29, 1.82) is 0 Å². The Hall–Kier alpha value is -1.66. The molecule has 2 N–H and O–H groups in total. The summed E-state index contributed by atoms with van der Waals surface area (Å²) in [7, 11) is 1.84. The average Bonchev–Trinajstić information content (AvgIpc) is 3.11. The molecule has 2 heterocycles. The number of thioether (sulfide) groups is 1. The summed E-state index contributed by atoms with van der Waals surface area (Å²) in [5.41, 5.74) is 1.30. The lowest BCUT2D eigenvalue weighted by atomic mass is 9.99. The Labute approximate surface area is 160 Å². The standard InChI is InChI=1S/C20H30N4OS/c1-21-19(23-16-20(26-2)9-14-25-15-10-20)22-11-5-12-24-13-8-17-6-3-4-7-18(17)24/h3-4,6-8,13H,5,9-12,14-16H2,1-2H3,(H2,21,22,23). The molecule has 3 rings (SSSR count). The quantitative estimate of drug-likeness (QED) is 0.444. The number of fused-ring (bicyclic) bond motifs is 1. The van der Waals surface area contributed by atoms with Crippen molar-refractivity contribution >= 4 is 28.6 Å². The molecule has 0 radical (unpaired) electrons. The lowest BCUT2D eigenvalue weighted by Crippen LogP contribution is -2.48. The van der Waals surface area contributed by atoms with Crippen molar-refractivity contribution in [2.75, 3.05) is 39.6 Å². The zero-order chi connectivity index (χ0) is 18.2. The van der Waals surface area contributed by atoms with Crippen molar-refractivity contribution in [3.05, 3.63) is 36.5 Å². The van der Waals surface area contributed by atoms with Crippen molar-refractivity contribution in [3.8, 4) is 0 Å². The van der Waals surface area contributed by atoms with Crippen LogP contribution >= 0.6 is 11.8 Å². The van der Waals surface area contributed by atoms with E-state index in [9.17, 15) is 0 Å². The van der Waals surface area contributed by atoms with Gasteiger partial charge in [-0.1, -0.05) is 18.2 Å². The smallest absolute Gasteiger partial charge is 0.191 e. The molecule has 26 heavy (non-hydrogen) atoms. The fourth-order valence-corrected chi connectivity index (χ4v) is 4.25. The summed E-state index contributed by atoms with van der Waals surface area (Å²) in [6.07, 6.45) is 7.62. The summed E-state index contributed by atoms with van der Waals surface area (Å²) in [5, 5.41) is 8.26. The second-order valence-corrected chi connectivity index (χ2v) is 8.05. The van der Waals surface area contributed by atoms with Crippen molar-refractivity contribution in [2.45, 2.75) is 30.6 Å². The van der Waals surface area contributed by atoms with Crippen LogP contribution in [0.4, 0.5) is 0 Å². The van der Waals surface area contributed by atoms with Gasteiger partial charge in [-0.2, -0.15) is 11.8 Å². The number of aliphatic imine (C=N–C) groups is 1. The molecule has 1 aromatic heterocycles. The van der Waals surface area contributed by atoms with E-state index in [4.69, 9.17) is 4.74 Å². The van der Waals surface area contributed by atoms with Crippen LogP contribution in [0, 0.1) is 0 Å². The summed E-state index contributed by atoms with van der Waals surface area (Å²) in [5.74, 6) is 0.891. The lowest BCUT2D eigenvalue weighted by molar-refractivity contribution is 0.0783. The van der Waals surface area contributed by atoms with Crippen LogP contribution in [0.3, 0.4) is 0 Å². The SMILES string of the molecule is CN=C(NCCCn1ccc2ccccc21)NCC1(SC)CCOCC1. The molecule has 1 aliphatic heterocycles. The van der Waals surface area contributed by atoms with E-state index in [1.807, 2.05) is 18.8 Å². The van der Waals surface area contributed by atoms with Gasteiger partial charge in [0.05, 0.1) is 0 Å². The van der Waals surface area contributed by atoms with Crippen molar-refractivity contribution in [3.63, 3.8) is 0 Å². The van der Waals surface area contributed by atoms with Crippen molar-refractivity contribution in [1.82, 2.24) is 15.2 Å². The molecular formula is C20H30N4OS. The minimum absolute atomic E-state index is 0.264. The number of rotatable bonds is 7. The number of benzene rings is 1. The Morgan fingerprint density at radius 2 is 2.04 bits per heavy atom. The normalized spacial score (nSPS) is 17.4. The van der Waals surface area contributed by atoms with E-state index in [1.54, 1.807) is 0 Å². The Balaban J connectivity index is 1.43. The highest BCUT2D eigenvalue weighted by atomic mass is 32.2. The fraction of sp³-hybridized carbons (Fsp3) is 0.550. The van der Waals surface area contributed by atoms with Crippen LogP contribution in [0.15, 0.2) is 41.5 Å². The monoisotopic (exact) mass is 374 g/mol. The van der Waals surface area contributed by atoms with Crippen molar-refractivity contribution in [2.24, 2.45) is 4.99 Å². The minimum Gasteiger partial charge on any atom is -0.381 e. The molecule has 0 unspecified atom stereocenters. The molecule has 1 aromatic carbocycles. The van der Waals surface area contributed by atoms with Gasteiger partial charge in [-0.15, -0.1) is 0 Å². The molecule has 2 aromatic rings. The molecular weight excluding hydrogens is 344 g/mol. The number of aromatic nitrogens is 1. The van der Waals surface area contributed by atoms with Crippen LogP contribution in [0.5, 0.6) is 0 Å². The Bertz CT molecular complexity index is 721. The maximum Gasteiger partial charge on any atom is 0.191 e. The number of hydrogen-bond donors (Lipinski definition) is 2. The predicted octanol–water partition coefficient (Wildman–Crippen LogP) is 3.11. The topological polar surface area (TPSA) is 50.6 Å². The van der Waals surface area contributed by atoms with Crippen LogP contribution < -0.4 is 10.6 Å². The molecule has 0 bridgehead atoms.